The van der Waals surface area contributed by atoms with Gasteiger partial charge in [-0.1, -0.05) is 59.6 Å². The van der Waals surface area contributed by atoms with E-state index in [-0.39, 0.29) is 12.5 Å². The van der Waals surface area contributed by atoms with Crippen molar-refractivity contribution in [3.63, 3.8) is 0 Å². The smallest absolute Gasteiger partial charge is 0.251 e. The number of aliphatic hydroxyl groups is 1. The monoisotopic (exact) mass is 634 g/mol. The van der Waals surface area contributed by atoms with Gasteiger partial charge >= 0.3 is 0 Å². The molecule has 0 saturated carbocycles. The van der Waals surface area contributed by atoms with Gasteiger partial charge in [0.25, 0.3) is 5.91 Å². The quantitative estimate of drug-likeness (QED) is 0.124. The molecule has 1 heterocycles. The van der Waals surface area contributed by atoms with Gasteiger partial charge in [0, 0.05) is 30.9 Å². The van der Waals surface area contributed by atoms with Crippen LogP contribution in [0, 0.1) is 0 Å². The summed E-state index contributed by atoms with van der Waals surface area (Å²) in [6, 6.07) is 20.0. The van der Waals surface area contributed by atoms with Crippen molar-refractivity contribution in [3.05, 3.63) is 93.5 Å². The van der Waals surface area contributed by atoms with Gasteiger partial charge in [-0.3, -0.25) is 18.2 Å². The van der Waals surface area contributed by atoms with Crippen molar-refractivity contribution in [1.82, 2.24) is 10.6 Å². The third kappa shape index (κ3) is 9.00. The first-order chi connectivity index (χ1) is 20.2. The molecule has 0 aliphatic carbocycles. The number of nitrogens with zero attached hydrogens (tertiary/aromatic N) is 1. The van der Waals surface area contributed by atoms with Gasteiger partial charge in [0.05, 0.1) is 33.6 Å². The fourth-order valence-electron chi connectivity index (χ4n) is 5.02. The second-order valence-corrected chi connectivity index (χ2v) is 13.4. The third-order valence-corrected chi connectivity index (χ3v) is 9.91. The Morgan fingerprint density at radius 2 is 1.79 bits per heavy atom. The molecule has 0 bridgehead atoms. The lowest BCUT2D eigenvalue weighted by atomic mass is 10.00. The maximum atomic E-state index is 13.6. The van der Waals surface area contributed by atoms with Gasteiger partial charge < -0.3 is 21.1 Å². The fourth-order valence-corrected chi connectivity index (χ4v) is 7.02. The van der Waals surface area contributed by atoms with Crippen LogP contribution < -0.4 is 20.3 Å². The summed E-state index contributed by atoms with van der Waals surface area (Å²) in [7, 11) is -2.95. The predicted molar refractivity (Wildman–Crippen MR) is 175 cm³/mol. The van der Waals surface area contributed by atoms with E-state index in [1.165, 1.54) is 0 Å². The summed E-state index contributed by atoms with van der Waals surface area (Å²) >= 11 is 12.1. The van der Waals surface area contributed by atoms with Gasteiger partial charge in [-0.2, -0.15) is 0 Å². The summed E-state index contributed by atoms with van der Waals surface area (Å²) in [5, 5.41) is 21.8. The number of nitrogens with one attached hydrogen (secondary N) is 3. The van der Waals surface area contributed by atoms with Crippen LogP contribution in [-0.4, -0.2) is 64.2 Å². The van der Waals surface area contributed by atoms with Crippen LogP contribution in [0.25, 0.3) is 0 Å². The molecule has 1 amide bonds. The van der Waals surface area contributed by atoms with E-state index >= 15 is 0 Å². The van der Waals surface area contributed by atoms with Crippen LogP contribution in [0.15, 0.2) is 66.7 Å². The predicted octanol–water partition coefficient (Wildman–Crippen LogP) is 6.23. The summed E-state index contributed by atoms with van der Waals surface area (Å²) in [4.78, 5) is 13.6. The van der Waals surface area contributed by atoms with E-state index in [2.05, 4.69) is 16.0 Å². The lowest BCUT2D eigenvalue weighted by Gasteiger charge is -2.47. The molecule has 3 aromatic carbocycles. The Balaban J connectivity index is 1.48. The minimum Gasteiger partial charge on any atom is -0.390 e. The van der Waals surface area contributed by atoms with Crippen LogP contribution in [0.4, 0.5) is 11.4 Å². The van der Waals surface area contributed by atoms with E-state index in [1.807, 2.05) is 55.5 Å². The summed E-state index contributed by atoms with van der Waals surface area (Å²) < 4.78 is 23.0. The average Bonchev–Trinajstić information content (AvgIpc) is 2.97. The van der Waals surface area contributed by atoms with Crippen molar-refractivity contribution in [1.29, 1.82) is 0 Å². The molecule has 0 spiro atoms. The second kappa shape index (κ2) is 15.3. The topological polar surface area (TPSA) is 117 Å². The highest BCUT2D eigenvalue weighted by Gasteiger charge is 2.28. The Hall–Kier alpha value is -2.50. The first kappa shape index (κ1) is 32.4. The standard InChI is InChI=1S/C31H40Cl2N4O4S/c1-2-35-25-18-24(19-26(20-25)37-14-6-7-15-42(37,40)41)31(39)36-29(17-22-8-4-3-5-9-22)30(38)21-34-13-12-23-10-11-27(32)28(33)16-23/h3-5,8-11,16,18-20,29-30,34-35,38,40-41H,2,6-7,12-15,17,21H2,1H3,(H,36,39). The maximum absolute atomic E-state index is 13.6. The molecule has 1 fully saturated rings. The van der Waals surface area contributed by atoms with Gasteiger partial charge in [-0.05, 0) is 80.6 Å². The SMILES string of the molecule is CCNc1cc(C(=O)NC(Cc2ccccc2)C(O)CNCCc2ccc(Cl)c(Cl)c2)cc(N2CCCCS2(O)O)c1. The maximum Gasteiger partial charge on any atom is 0.251 e. The van der Waals surface area contributed by atoms with E-state index in [0.29, 0.717) is 65.2 Å². The molecule has 3 aromatic rings. The molecule has 0 radical (unpaired) electrons. The first-order valence-electron chi connectivity index (χ1n) is 14.3. The highest BCUT2D eigenvalue weighted by molar-refractivity contribution is 8.25. The molecule has 1 aliphatic rings. The number of hydrogen-bond donors (Lipinski definition) is 6. The molecule has 1 saturated heterocycles. The minimum absolute atomic E-state index is 0.274. The van der Waals surface area contributed by atoms with Crippen molar-refractivity contribution >= 4 is 51.3 Å². The van der Waals surface area contributed by atoms with Gasteiger partial charge in [-0.25, -0.2) is 0 Å². The Morgan fingerprint density at radius 3 is 2.50 bits per heavy atom. The molecule has 6 N–H and O–H groups in total. The number of hydrogen-bond acceptors (Lipinski definition) is 7. The summed E-state index contributed by atoms with van der Waals surface area (Å²) in [6.45, 7) is 3.99. The van der Waals surface area contributed by atoms with Crippen LogP contribution in [0.2, 0.25) is 10.0 Å². The van der Waals surface area contributed by atoms with Crippen molar-refractivity contribution in [2.24, 2.45) is 0 Å². The largest absolute Gasteiger partial charge is 0.390 e. The molecule has 42 heavy (non-hydrogen) atoms. The summed E-state index contributed by atoms with van der Waals surface area (Å²) in [5.74, 6) is -0.0381. The second-order valence-electron chi connectivity index (χ2n) is 10.5. The summed E-state index contributed by atoms with van der Waals surface area (Å²) in [6.07, 6.45) is 1.86. The number of aliphatic hydroxyl groups excluding tert-OH is 1. The molecule has 2 atom stereocenters. The van der Waals surface area contributed by atoms with Crippen LogP contribution in [0.1, 0.15) is 41.3 Å². The molecule has 2 unspecified atom stereocenters. The zero-order valence-electron chi connectivity index (χ0n) is 23.7. The number of anilines is 2. The zero-order chi connectivity index (χ0) is 30.1. The van der Waals surface area contributed by atoms with Crippen LogP contribution in [0.3, 0.4) is 0 Å². The normalized spacial score (nSPS) is 16.9. The molecular weight excluding hydrogens is 595 g/mol. The molecular formula is C31H40Cl2N4O4S. The first-order valence-corrected chi connectivity index (χ1v) is 16.7. The Labute approximate surface area is 259 Å². The lowest BCUT2D eigenvalue weighted by molar-refractivity contribution is 0.0831. The van der Waals surface area contributed by atoms with Gasteiger partial charge in [0.15, 0.2) is 0 Å². The van der Waals surface area contributed by atoms with Crippen molar-refractivity contribution in [2.45, 2.75) is 44.8 Å². The van der Waals surface area contributed by atoms with Crippen molar-refractivity contribution in [3.8, 4) is 0 Å². The van der Waals surface area contributed by atoms with Crippen molar-refractivity contribution in [2.75, 3.05) is 41.6 Å². The molecule has 4 rings (SSSR count). The van der Waals surface area contributed by atoms with Gasteiger partial charge in [0.1, 0.15) is 0 Å². The Morgan fingerprint density at radius 1 is 1.00 bits per heavy atom. The lowest BCUT2D eigenvalue weighted by Crippen LogP contribution is -2.49. The van der Waals surface area contributed by atoms with Crippen LogP contribution in [0.5, 0.6) is 0 Å². The molecule has 1 aliphatic heterocycles. The van der Waals surface area contributed by atoms with E-state index in [4.69, 9.17) is 23.2 Å². The van der Waals surface area contributed by atoms with Crippen LogP contribution in [-0.2, 0) is 12.8 Å². The Kier molecular flexibility index (Phi) is 11.8. The third-order valence-electron chi connectivity index (χ3n) is 7.24. The van der Waals surface area contributed by atoms with Gasteiger partial charge in [-0.15, -0.1) is 10.8 Å². The number of halogens is 2. The minimum atomic E-state index is -2.95. The van der Waals surface area contributed by atoms with E-state index < -0.39 is 22.9 Å². The van der Waals surface area contributed by atoms with Crippen LogP contribution >= 0.6 is 34.0 Å². The molecule has 11 heteroatoms. The number of carbonyl (C=O) groups is 1. The van der Waals surface area contributed by atoms with E-state index in [0.717, 1.165) is 24.0 Å². The number of amides is 1. The highest BCUT2D eigenvalue weighted by atomic mass is 35.5. The van der Waals surface area contributed by atoms with E-state index in [9.17, 15) is 19.0 Å². The van der Waals surface area contributed by atoms with Crippen molar-refractivity contribution < 1.29 is 19.0 Å². The molecule has 228 valence electrons. The Bertz CT molecular complexity index is 1330. The molecule has 8 nitrogen and oxygen atoms in total. The fraction of sp³-hybridized carbons (Fsp3) is 0.387. The highest BCUT2D eigenvalue weighted by Crippen LogP contribution is 2.50. The number of rotatable bonds is 13. The zero-order valence-corrected chi connectivity index (χ0v) is 26.1. The average molecular weight is 636 g/mol. The number of carbonyl (C=O) groups excluding carboxylic acids is 1. The van der Waals surface area contributed by atoms with Gasteiger partial charge in [0.2, 0.25) is 0 Å². The molecule has 0 aromatic heterocycles. The number of benzene rings is 3. The summed E-state index contributed by atoms with van der Waals surface area (Å²) in [5.41, 5.74) is 3.69. The van der Waals surface area contributed by atoms with E-state index in [1.54, 1.807) is 22.5 Å².